The molecule has 0 amide bonds. The summed E-state index contributed by atoms with van der Waals surface area (Å²) < 4.78 is 92.1. The fourth-order valence-corrected chi connectivity index (χ4v) is 3.84. The molecule has 0 bridgehead atoms. The van der Waals surface area contributed by atoms with E-state index in [9.17, 15) is 0 Å². The standard InChI is InChI=1S/C36H73N3O18/c37-39-38-1-3-41-5-7-43-9-11-45-13-15-47-17-19-49-21-23-51-25-27-53-29-31-55-33-35-57-36-34-56-32-30-54-28-26-52-24-22-50-20-18-48-16-14-46-12-10-44-8-6-42-4-2-40/h40H,1-36H2. The summed E-state index contributed by atoms with van der Waals surface area (Å²) in [7, 11) is 0. The number of azide groups is 1. The van der Waals surface area contributed by atoms with Crippen molar-refractivity contribution < 1.29 is 85.6 Å². The zero-order valence-electron chi connectivity index (χ0n) is 34.2. The monoisotopic (exact) mass is 835 g/mol. The van der Waals surface area contributed by atoms with Crippen molar-refractivity contribution in [2.24, 2.45) is 5.11 Å². The first-order chi connectivity index (χ1) is 28.4. The fourth-order valence-electron chi connectivity index (χ4n) is 3.84. The first-order valence-electron chi connectivity index (χ1n) is 19.8. The van der Waals surface area contributed by atoms with E-state index in [0.29, 0.717) is 231 Å². The Morgan fingerprint density at radius 3 is 0.526 bits per heavy atom. The molecular weight excluding hydrogens is 762 g/mol. The molecule has 0 radical (unpaired) electrons. The van der Waals surface area contributed by atoms with Crippen LogP contribution in [0.5, 0.6) is 0 Å². The maximum Gasteiger partial charge on any atom is 0.0701 e. The Morgan fingerprint density at radius 1 is 0.246 bits per heavy atom. The van der Waals surface area contributed by atoms with Crippen LogP contribution in [0.2, 0.25) is 0 Å². The molecule has 0 aromatic carbocycles. The minimum atomic E-state index is 0.0197. The number of nitrogens with zero attached hydrogens (tertiary/aromatic N) is 3. The SMILES string of the molecule is [N-]=[N+]=NCCOCCOCCOCCOCCOCCOCCOCCOCCOCCOCCOCCOCCOCCOCCOCCOCCOCCO. The van der Waals surface area contributed by atoms with Gasteiger partial charge in [-0.25, -0.2) is 0 Å². The molecular formula is C36H73N3O18. The van der Waals surface area contributed by atoms with Crippen LogP contribution in [0.15, 0.2) is 5.11 Å². The van der Waals surface area contributed by atoms with Gasteiger partial charge in [0, 0.05) is 11.5 Å². The Bertz CT molecular complexity index is 780. The molecule has 0 aromatic heterocycles. The van der Waals surface area contributed by atoms with Gasteiger partial charge in [0.05, 0.1) is 231 Å². The highest BCUT2D eigenvalue weighted by molar-refractivity contribution is 4.44. The average molecular weight is 836 g/mol. The highest BCUT2D eigenvalue weighted by Gasteiger charge is 1.98. The van der Waals surface area contributed by atoms with Gasteiger partial charge >= 0.3 is 0 Å². The smallest absolute Gasteiger partial charge is 0.0701 e. The van der Waals surface area contributed by atoms with Crippen LogP contribution in [0.1, 0.15) is 0 Å². The Labute approximate surface area is 338 Å². The van der Waals surface area contributed by atoms with Gasteiger partial charge in [0.1, 0.15) is 0 Å². The van der Waals surface area contributed by atoms with Crippen LogP contribution >= 0.6 is 0 Å². The van der Waals surface area contributed by atoms with Gasteiger partial charge < -0.3 is 85.6 Å². The molecule has 0 atom stereocenters. The van der Waals surface area contributed by atoms with Gasteiger partial charge in [-0.3, -0.25) is 0 Å². The lowest BCUT2D eigenvalue weighted by Crippen LogP contribution is -2.16. The van der Waals surface area contributed by atoms with E-state index in [1.54, 1.807) is 0 Å². The molecule has 0 saturated heterocycles. The van der Waals surface area contributed by atoms with E-state index < -0.39 is 0 Å². The van der Waals surface area contributed by atoms with E-state index in [0.717, 1.165) is 0 Å². The van der Waals surface area contributed by atoms with Crippen molar-refractivity contribution in [3.05, 3.63) is 10.4 Å². The van der Waals surface area contributed by atoms with E-state index in [1.807, 2.05) is 0 Å². The Kier molecular flexibility index (Phi) is 53.2. The molecule has 0 unspecified atom stereocenters. The first kappa shape index (κ1) is 55.6. The molecule has 0 heterocycles. The minimum Gasteiger partial charge on any atom is -0.394 e. The van der Waals surface area contributed by atoms with Crippen molar-refractivity contribution >= 4 is 0 Å². The van der Waals surface area contributed by atoms with Crippen LogP contribution in [0.25, 0.3) is 10.4 Å². The Balaban J connectivity index is 3.06. The van der Waals surface area contributed by atoms with Crippen molar-refractivity contribution in [1.29, 1.82) is 0 Å². The number of rotatable bonds is 53. The summed E-state index contributed by atoms with van der Waals surface area (Å²) in [5, 5.41) is 12.0. The summed E-state index contributed by atoms with van der Waals surface area (Å²) in [6, 6.07) is 0. The van der Waals surface area contributed by atoms with Crippen molar-refractivity contribution in [3.63, 3.8) is 0 Å². The maximum absolute atomic E-state index is 8.59. The third-order valence-electron chi connectivity index (χ3n) is 6.59. The van der Waals surface area contributed by atoms with Gasteiger partial charge in [0.15, 0.2) is 0 Å². The predicted octanol–water partition coefficient (Wildman–Crippen LogP) is 0.571. The second-order valence-electron chi connectivity index (χ2n) is 11.1. The molecule has 0 spiro atoms. The summed E-state index contributed by atoms with van der Waals surface area (Å²) in [4.78, 5) is 2.65. The molecule has 1 N–H and O–H groups in total. The molecule has 340 valence electrons. The third-order valence-corrected chi connectivity index (χ3v) is 6.59. The highest BCUT2D eigenvalue weighted by Crippen LogP contribution is 1.89. The summed E-state index contributed by atoms with van der Waals surface area (Å²) in [5.74, 6) is 0. The zero-order valence-corrected chi connectivity index (χ0v) is 34.2. The number of aliphatic hydroxyl groups is 1. The van der Waals surface area contributed by atoms with Crippen LogP contribution < -0.4 is 0 Å². The van der Waals surface area contributed by atoms with E-state index in [4.69, 9.17) is 91.2 Å². The van der Waals surface area contributed by atoms with Gasteiger partial charge in [0.25, 0.3) is 0 Å². The summed E-state index contributed by atoms with van der Waals surface area (Å²) in [6.45, 7) is 16.7. The van der Waals surface area contributed by atoms with Gasteiger partial charge in [-0.2, -0.15) is 0 Å². The van der Waals surface area contributed by atoms with Crippen LogP contribution in [0, 0.1) is 0 Å². The number of ether oxygens (including phenoxy) is 17. The van der Waals surface area contributed by atoms with E-state index in [2.05, 4.69) is 10.0 Å². The maximum atomic E-state index is 8.59. The first-order valence-corrected chi connectivity index (χ1v) is 19.8. The van der Waals surface area contributed by atoms with Crippen molar-refractivity contribution in [2.75, 3.05) is 238 Å². The Morgan fingerprint density at radius 2 is 0.386 bits per heavy atom. The molecule has 21 heteroatoms. The van der Waals surface area contributed by atoms with Gasteiger partial charge in [-0.1, -0.05) is 5.11 Å². The molecule has 0 aliphatic heterocycles. The summed E-state index contributed by atoms with van der Waals surface area (Å²) >= 11 is 0. The quantitative estimate of drug-likeness (QED) is 0.0383. The van der Waals surface area contributed by atoms with E-state index >= 15 is 0 Å². The lowest BCUT2D eigenvalue weighted by molar-refractivity contribution is -0.0308. The largest absolute Gasteiger partial charge is 0.394 e. The lowest BCUT2D eigenvalue weighted by atomic mass is 10.6. The minimum absolute atomic E-state index is 0.0197. The van der Waals surface area contributed by atoms with Crippen LogP contribution in [0.4, 0.5) is 0 Å². The second kappa shape index (κ2) is 54.6. The topological polar surface area (TPSA) is 226 Å². The molecule has 57 heavy (non-hydrogen) atoms. The predicted molar refractivity (Wildman–Crippen MR) is 205 cm³/mol. The summed E-state index contributed by atoms with van der Waals surface area (Å²) in [6.07, 6.45) is 0. The molecule has 0 aromatic rings. The molecule has 0 rings (SSSR count). The van der Waals surface area contributed by atoms with Crippen molar-refractivity contribution in [3.8, 4) is 0 Å². The van der Waals surface area contributed by atoms with E-state index in [-0.39, 0.29) is 6.61 Å². The molecule has 0 aliphatic rings. The average Bonchev–Trinajstić information content (AvgIpc) is 3.22. The number of hydrogen-bond acceptors (Lipinski definition) is 19. The molecule has 0 aliphatic carbocycles. The van der Waals surface area contributed by atoms with E-state index in [1.165, 1.54) is 0 Å². The third kappa shape index (κ3) is 54.6. The normalized spacial score (nSPS) is 11.5. The lowest BCUT2D eigenvalue weighted by Gasteiger charge is -2.09. The van der Waals surface area contributed by atoms with Crippen LogP contribution in [0.3, 0.4) is 0 Å². The van der Waals surface area contributed by atoms with Crippen LogP contribution in [-0.4, -0.2) is 243 Å². The number of hydrogen-bond donors (Lipinski definition) is 1. The fraction of sp³-hybridized carbons (Fsp3) is 1.00. The van der Waals surface area contributed by atoms with Crippen LogP contribution in [-0.2, 0) is 80.5 Å². The molecule has 0 fully saturated rings. The Hall–Kier alpha value is -1.41. The van der Waals surface area contributed by atoms with Crippen molar-refractivity contribution in [1.82, 2.24) is 0 Å². The molecule has 21 nitrogen and oxygen atoms in total. The van der Waals surface area contributed by atoms with Gasteiger partial charge in [-0.05, 0) is 5.53 Å². The van der Waals surface area contributed by atoms with Crippen molar-refractivity contribution in [2.45, 2.75) is 0 Å². The zero-order chi connectivity index (χ0) is 40.9. The number of aliphatic hydroxyl groups excluding tert-OH is 1. The second-order valence-corrected chi connectivity index (χ2v) is 11.1. The molecule has 0 saturated carbocycles. The summed E-state index contributed by atoms with van der Waals surface area (Å²) in [5.41, 5.74) is 8.15. The van der Waals surface area contributed by atoms with Gasteiger partial charge in [0.2, 0.25) is 0 Å². The highest BCUT2D eigenvalue weighted by atomic mass is 16.6. The van der Waals surface area contributed by atoms with Gasteiger partial charge in [-0.15, -0.1) is 0 Å².